The summed E-state index contributed by atoms with van der Waals surface area (Å²) in [6.45, 7) is 3.83. The number of carbonyl (C=O) groups excluding carboxylic acids is 1. The maximum atomic E-state index is 12.4. The van der Waals surface area contributed by atoms with Crippen LogP contribution in [0.2, 0.25) is 0 Å². The van der Waals surface area contributed by atoms with Crippen LogP contribution in [0.25, 0.3) is 0 Å². The standard InChI is InChI=1S/C21H23F3N2O2/c1-16(27)25-20(18-7-9-19(10-8-18)28-21(22,23)24)11-13-26(14-12-20)15-17-5-3-2-4-6-17/h2-10H,11-15H2,1H3,(H,25,27). The molecule has 0 atom stereocenters. The van der Waals surface area contributed by atoms with E-state index in [1.807, 2.05) is 18.2 Å². The number of amides is 1. The fourth-order valence-corrected chi connectivity index (χ4v) is 3.73. The Balaban J connectivity index is 1.72. The van der Waals surface area contributed by atoms with Crippen molar-refractivity contribution in [3.8, 4) is 5.75 Å². The topological polar surface area (TPSA) is 41.6 Å². The third-order valence-electron chi connectivity index (χ3n) is 5.01. The van der Waals surface area contributed by atoms with Crippen molar-refractivity contribution in [3.05, 3.63) is 65.7 Å². The average Bonchev–Trinajstić information content (AvgIpc) is 2.63. The second-order valence-corrected chi connectivity index (χ2v) is 7.10. The molecule has 1 N–H and O–H groups in total. The molecule has 1 heterocycles. The van der Waals surface area contributed by atoms with Crippen molar-refractivity contribution in [1.82, 2.24) is 10.2 Å². The summed E-state index contributed by atoms with van der Waals surface area (Å²) in [5.41, 5.74) is 1.43. The fraction of sp³-hybridized carbons (Fsp3) is 0.381. The summed E-state index contributed by atoms with van der Waals surface area (Å²) >= 11 is 0. The lowest BCUT2D eigenvalue weighted by Gasteiger charge is -2.42. The predicted octanol–water partition coefficient (Wildman–Crippen LogP) is 4.21. The number of carbonyl (C=O) groups is 1. The van der Waals surface area contributed by atoms with Gasteiger partial charge in [0.05, 0.1) is 5.54 Å². The highest BCUT2D eigenvalue weighted by Gasteiger charge is 2.37. The average molecular weight is 392 g/mol. The molecule has 2 aromatic carbocycles. The lowest BCUT2D eigenvalue weighted by atomic mass is 9.80. The van der Waals surface area contributed by atoms with Gasteiger partial charge in [-0.25, -0.2) is 0 Å². The molecule has 0 bridgehead atoms. The zero-order chi connectivity index (χ0) is 20.2. The van der Waals surface area contributed by atoms with Gasteiger partial charge < -0.3 is 10.1 Å². The van der Waals surface area contributed by atoms with Gasteiger partial charge >= 0.3 is 6.36 Å². The lowest BCUT2D eigenvalue weighted by Crippen LogP contribution is -2.52. The van der Waals surface area contributed by atoms with Gasteiger partial charge in [-0.15, -0.1) is 13.2 Å². The molecule has 0 saturated carbocycles. The predicted molar refractivity (Wildman–Crippen MR) is 99.6 cm³/mol. The van der Waals surface area contributed by atoms with Gasteiger partial charge in [-0.1, -0.05) is 42.5 Å². The molecule has 1 aliphatic heterocycles. The molecule has 2 aromatic rings. The van der Waals surface area contributed by atoms with E-state index in [0.29, 0.717) is 12.8 Å². The van der Waals surface area contributed by atoms with Gasteiger partial charge in [-0.3, -0.25) is 9.69 Å². The quantitative estimate of drug-likeness (QED) is 0.829. The van der Waals surface area contributed by atoms with Crippen LogP contribution >= 0.6 is 0 Å². The number of halogens is 3. The Labute approximate surface area is 162 Å². The Morgan fingerprint density at radius 1 is 1.07 bits per heavy atom. The van der Waals surface area contributed by atoms with Crippen LogP contribution in [0.3, 0.4) is 0 Å². The first kappa shape index (κ1) is 20.2. The summed E-state index contributed by atoms with van der Waals surface area (Å²) in [7, 11) is 0. The number of alkyl halides is 3. The number of hydrogen-bond acceptors (Lipinski definition) is 3. The summed E-state index contributed by atoms with van der Waals surface area (Å²) in [6.07, 6.45) is -3.36. The highest BCUT2D eigenvalue weighted by Crippen LogP contribution is 2.35. The Morgan fingerprint density at radius 2 is 1.68 bits per heavy atom. The Hall–Kier alpha value is -2.54. The Kier molecular flexibility index (Phi) is 5.93. The Morgan fingerprint density at radius 3 is 2.21 bits per heavy atom. The fourth-order valence-electron chi connectivity index (χ4n) is 3.73. The van der Waals surface area contributed by atoms with Gasteiger partial charge in [0.25, 0.3) is 0 Å². The number of likely N-dealkylation sites (tertiary alicyclic amines) is 1. The highest BCUT2D eigenvalue weighted by atomic mass is 19.4. The van der Waals surface area contributed by atoms with Crippen LogP contribution in [0.15, 0.2) is 54.6 Å². The molecule has 150 valence electrons. The molecule has 0 radical (unpaired) electrons. The van der Waals surface area contributed by atoms with E-state index in [4.69, 9.17) is 0 Å². The van der Waals surface area contributed by atoms with E-state index in [-0.39, 0.29) is 11.7 Å². The normalized spacial score (nSPS) is 17.1. The van der Waals surface area contributed by atoms with Gasteiger partial charge in [0, 0.05) is 26.6 Å². The van der Waals surface area contributed by atoms with Crippen molar-refractivity contribution >= 4 is 5.91 Å². The third kappa shape index (κ3) is 5.25. The minimum Gasteiger partial charge on any atom is -0.406 e. The van der Waals surface area contributed by atoms with Crippen molar-refractivity contribution in [2.75, 3.05) is 13.1 Å². The second kappa shape index (κ2) is 8.22. The zero-order valence-corrected chi connectivity index (χ0v) is 15.6. The molecule has 4 nitrogen and oxygen atoms in total. The highest BCUT2D eigenvalue weighted by molar-refractivity contribution is 5.74. The van der Waals surface area contributed by atoms with Crippen molar-refractivity contribution in [2.45, 2.75) is 38.2 Å². The maximum Gasteiger partial charge on any atom is 0.573 e. The maximum absolute atomic E-state index is 12.4. The number of nitrogens with zero attached hydrogens (tertiary/aromatic N) is 1. The smallest absolute Gasteiger partial charge is 0.406 e. The summed E-state index contributed by atoms with van der Waals surface area (Å²) in [5, 5.41) is 3.04. The molecule has 0 aliphatic carbocycles. The Bertz CT molecular complexity index is 784. The van der Waals surface area contributed by atoms with Crippen molar-refractivity contribution < 1.29 is 22.7 Å². The first-order valence-electron chi connectivity index (χ1n) is 9.17. The number of nitrogens with one attached hydrogen (secondary N) is 1. The van der Waals surface area contributed by atoms with Gasteiger partial charge in [0.15, 0.2) is 0 Å². The van der Waals surface area contributed by atoms with Crippen molar-refractivity contribution in [1.29, 1.82) is 0 Å². The number of benzene rings is 2. The minimum atomic E-state index is -4.72. The molecule has 0 spiro atoms. The largest absolute Gasteiger partial charge is 0.573 e. The van der Waals surface area contributed by atoms with E-state index < -0.39 is 11.9 Å². The summed E-state index contributed by atoms with van der Waals surface area (Å²) in [4.78, 5) is 14.1. The van der Waals surface area contributed by atoms with Crippen molar-refractivity contribution in [2.24, 2.45) is 0 Å². The molecule has 1 aliphatic rings. The van der Waals surface area contributed by atoms with Crippen LogP contribution in [0.5, 0.6) is 5.75 Å². The minimum absolute atomic E-state index is 0.160. The van der Waals surface area contributed by atoms with Crippen LogP contribution in [-0.2, 0) is 16.9 Å². The first-order chi connectivity index (χ1) is 13.3. The van der Waals surface area contributed by atoms with Gasteiger partial charge in [0.1, 0.15) is 5.75 Å². The molecule has 0 unspecified atom stereocenters. The van der Waals surface area contributed by atoms with E-state index in [2.05, 4.69) is 27.1 Å². The van der Waals surface area contributed by atoms with Crippen LogP contribution in [-0.4, -0.2) is 30.3 Å². The monoisotopic (exact) mass is 392 g/mol. The summed E-state index contributed by atoms with van der Waals surface area (Å²) in [5.74, 6) is -0.428. The van der Waals surface area contributed by atoms with Gasteiger partial charge in [0.2, 0.25) is 5.91 Å². The molecular weight excluding hydrogens is 369 g/mol. The van der Waals surface area contributed by atoms with E-state index in [1.54, 1.807) is 12.1 Å². The first-order valence-corrected chi connectivity index (χ1v) is 9.17. The molecule has 3 rings (SSSR count). The number of rotatable bonds is 5. The summed E-state index contributed by atoms with van der Waals surface area (Å²) in [6, 6.07) is 15.9. The van der Waals surface area contributed by atoms with E-state index in [9.17, 15) is 18.0 Å². The molecule has 0 aromatic heterocycles. The second-order valence-electron chi connectivity index (χ2n) is 7.10. The lowest BCUT2D eigenvalue weighted by molar-refractivity contribution is -0.274. The molecule has 1 fully saturated rings. The van der Waals surface area contributed by atoms with E-state index in [1.165, 1.54) is 24.6 Å². The summed E-state index contributed by atoms with van der Waals surface area (Å²) < 4.78 is 41.1. The third-order valence-corrected chi connectivity index (χ3v) is 5.01. The van der Waals surface area contributed by atoms with Crippen LogP contribution in [0.4, 0.5) is 13.2 Å². The van der Waals surface area contributed by atoms with E-state index in [0.717, 1.165) is 25.2 Å². The van der Waals surface area contributed by atoms with Gasteiger partial charge in [-0.2, -0.15) is 0 Å². The van der Waals surface area contributed by atoms with Crippen LogP contribution < -0.4 is 10.1 Å². The number of hydrogen-bond donors (Lipinski definition) is 1. The number of ether oxygens (including phenoxy) is 1. The molecule has 7 heteroatoms. The van der Waals surface area contributed by atoms with Crippen molar-refractivity contribution in [3.63, 3.8) is 0 Å². The van der Waals surface area contributed by atoms with Gasteiger partial charge in [-0.05, 0) is 36.1 Å². The molecule has 28 heavy (non-hydrogen) atoms. The molecular formula is C21H23F3N2O2. The SMILES string of the molecule is CC(=O)NC1(c2ccc(OC(F)(F)F)cc2)CCN(Cc2ccccc2)CC1. The zero-order valence-electron chi connectivity index (χ0n) is 15.6. The molecule has 1 saturated heterocycles. The molecule has 1 amide bonds. The van der Waals surface area contributed by atoms with E-state index >= 15 is 0 Å². The van der Waals surface area contributed by atoms with Crippen LogP contribution in [0, 0.1) is 0 Å². The number of piperidine rings is 1. The van der Waals surface area contributed by atoms with Crippen LogP contribution in [0.1, 0.15) is 30.9 Å².